The lowest BCUT2D eigenvalue weighted by Gasteiger charge is -2.37. The number of nitrogens with one attached hydrogen (secondary N) is 1. The lowest BCUT2D eigenvalue weighted by Crippen LogP contribution is -2.38. The zero-order valence-corrected chi connectivity index (χ0v) is 31.9. The smallest absolute Gasteiger partial charge is 0.228 e. The van der Waals surface area contributed by atoms with Crippen molar-refractivity contribution < 1.29 is 28.8 Å². The van der Waals surface area contributed by atoms with Crippen LogP contribution in [0.15, 0.2) is 91.4 Å². The quantitative estimate of drug-likeness (QED) is 0.110. The molecule has 1 fully saturated rings. The molecule has 0 saturated carbocycles. The average molecular weight is 752 g/mol. The monoisotopic (exact) mass is 751 g/mol. The van der Waals surface area contributed by atoms with Crippen LogP contribution >= 0.6 is 0 Å². The zero-order chi connectivity index (χ0) is 39.7. The Hall–Kier alpha value is -6.13. The van der Waals surface area contributed by atoms with Gasteiger partial charge in [0.2, 0.25) is 5.91 Å². The Kier molecular flexibility index (Phi) is 12.7. The molecule has 1 amide bonds. The Morgan fingerprint density at radius 2 is 1.55 bits per heavy atom. The summed E-state index contributed by atoms with van der Waals surface area (Å²) in [6, 6.07) is 25.4. The first kappa shape index (κ1) is 39.6. The summed E-state index contributed by atoms with van der Waals surface area (Å²) < 4.78 is 26.5. The van der Waals surface area contributed by atoms with Crippen LogP contribution in [0.4, 0.5) is 5.82 Å². The number of carbonyl (C=O) groups excluding carboxylic acids is 1. The third-order valence-electron chi connectivity index (χ3n) is 9.68. The van der Waals surface area contributed by atoms with Gasteiger partial charge in [-0.1, -0.05) is 92.1 Å². The predicted molar refractivity (Wildman–Crippen MR) is 215 cm³/mol. The number of aliphatic hydroxyl groups excluding tert-OH is 1. The van der Waals surface area contributed by atoms with Gasteiger partial charge in [0.05, 0.1) is 57.5 Å². The number of methoxy groups -OCH3 is 2. The first-order valence-electron chi connectivity index (χ1n) is 18.3. The maximum Gasteiger partial charge on any atom is 0.228 e. The molecular formula is C45H45N5O6. The Morgan fingerprint density at radius 1 is 0.946 bits per heavy atom. The highest BCUT2D eigenvalue weighted by Gasteiger charge is 2.42. The number of aromatic nitrogens is 3. The van der Waals surface area contributed by atoms with Crippen molar-refractivity contribution in [2.45, 2.75) is 44.3 Å². The van der Waals surface area contributed by atoms with Crippen LogP contribution < -0.4 is 14.8 Å². The third kappa shape index (κ3) is 8.40. The van der Waals surface area contributed by atoms with Crippen LogP contribution in [0.2, 0.25) is 0 Å². The molecule has 3 atom stereocenters. The number of hydrogen-bond donors (Lipinski definition) is 2. The highest BCUT2D eigenvalue weighted by molar-refractivity contribution is 6.01. The molecule has 0 unspecified atom stereocenters. The molecule has 1 saturated heterocycles. The van der Waals surface area contributed by atoms with Crippen molar-refractivity contribution in [2.75, 3.05) is 45.8 Å². The van der Waals surface area contributed by atoms with E-state index in [0.29, 0.717) is 53.5 Å². The number of aliphatic hydroxyl groups is 1. The number of carbonyl (C=O) groups is 1. The molecule has 3 heterocycles. The predicted octanol–water partition coefficient (Wildman–Crippen LogP) is 5.62. The summed E-state index contributed by atoms with van der Waals surface area (Å²) in [5, 5.41) is 15.0. The molecule has 6 rings (SSSR count). The lowest BCUT2D eigenvalue weighted by atomic mass is 9.80. The first-order chi connectivity index (χ1) is 27.2. The van der Waals surface area contributed by atoms with Crippen LogP contribution in [-0.2, 0) is 19.9 Å². The maximum absolute atomic E-state index is 12.8. The van der Waals surface area contributed by atoms with E-state index in [0.717, 1.165) is 16.7 Å². The number of ether oxygens (including phenoxy) is 4. The largest absolute Gasteiger partial charge is 0.497 e. The number of nitrogens with zero attached hydrogens (tertiary/aromatic N) is 4. The van der Waals surface area contributed by atoms with E-state index in [-0.39, 0.29) is 24.9 Å². The Morgan fingerprint density at radius 3 is 2.12 bits per heavy atom. The zero-order valence-electron chi connectivity index (χ0n) is 31.9. The van der Waals surface area contributed by atoms with E-state index in [9.17, 15) is 9.90 Å². The number of amides is 1. The number of fused-ring (bicyclic) bond motifs is 1. The number of benzene rings is 3. The van der Waals surface area contributed by atoms with E-state index in [1.807, 2.05) is 94.5 Å². The van der Waals surface area contributed by atoms with E-state index < -0.39 is 24.0 Å². The molecule has 5 aromatic rings. The summed E-state index contributed by atoms with van der Waals surface area (Å²) in [7, 11) is 3.25. The van der Waals surface area contributed by atoms with Crippen molar-refractivity contribution in [1.29, 1.82) is 0 Å². The topological polar surface area (TPSA) is 120 Å². The van der Waals surface area contributed by atoms with Gasteiger partial charge in [-0.15, -0.1) is 12.8 Å². The van der Waals surface area contributed by atoms with Gasteiger partial charge >= 0.3 is 0 Å². The van der Waals surface area contributed by atoms with Gasteiger partial charge in [0.15, 0.2) is 0 Å². The van der Waals surface area contributed by atoms with E-state index in [2.05, 4.69) is 39.0 Å². The fourth-order valence-corrected chi connectivity index (χ4v) is 6.74. The second kappa shape index (κ2) is 18.0. The molecule has 1 aliphatic heterocycles. The molecule has 56 heavy (non-hydrogen) atoms. The standard InChI is InChI=1S/C45H45N5O6/c1-7-24-49(25-8-2)26-12-13-32-28-50(43-41(32)42(46-30-47-43)48-44(52)31(3)4)40-27-38(51)39(56-40)29-55-45(33-14-10-9-11-15-33,34-16-20-36(53-5)21-17-34)35-18-22-37(54-6)23-19-35/h1-2,9-11,14-23,28,30-31,38-40,51H,24-27,29H2,3-6H3,(H,46,47,48,52)/t38-,39+,40+/m0/s1. The summed E-state index contributed by atoms with van der Waals surface area (Å²) in [5.74, 6) is 12.8. The fraction of sp³-hybridized carbons (Fsp3) is 0.311. The van der Waals surface area contributed by atoms with Crippen LogP contribution in [0.1, 0.15) is 48.8 Å². The normalized spacial score (nSPS) is 16.6. The van der Waals surface area contributed by atoms with Crippen LogP contribution in [0.25, 0.3) is 11.0 Å². The molecule has 2 aromatic heterocycles. The molecular weight excluding hydrogens is 707 g/mol. The van der Waals surface area contributed by atoms with Gasteiger partial charge < -0.3 is 33.9 Å². The molecule has 0 aliphatic carbocycles. The van der Waals surface area contributed by atoms with Crippen LogP contribution in [0.5, 0.6) is 11.5 Å². The van der Waals surface area contributed by atoms with Gasteiger partial charge in [-0.3, -0.25) is 9.69 Å². The van der Waals surface area contributed by atoms with Crippen molar-refractivity contribution in [3.63, 3.8) is 0 Å². The van der Waals surface area contributed by atoms with E-state index in [1.165, 1.54) is 6.33 Å². The van der Waals surface area contributed by atoms with Crippen molar-refractivity contribution >= 4 is 22.8 Å². The molecule has 2 N–H and O–H groups in total. The summed E-state index contributed by atoms with van der Waals surface area (Å²) >= 11 is 0. The number of anilines is 1. The second-order valence-corrected chi connectivity index (χ2v) is 13.6. The summed E-state index contributed by atoms with van der Waals surface area (Å²) in [4.78, 5) is 23.7. The molecule has 286 valence electrons. The minimum Gasteiger partial charge on any atom is -0.497 e. The maximum atomic E-state index is 12.8. The van der Waals surface area contributed by atoms with Crippen molar-refractivity contribution in [1.82, 2.24) is 19.4 Å². The molecule has 1 aliphatic rings. The van der Waals surface area contributed by atoms with E-state index in [1.54, 1.807) is 28.1 Å². The Balaban J connectivity index is 1.36. The van der Waals surface area contributed by atoms with Crippen molar-refractivity contribution in [3.05, 3.63) is 114 Å². The number of hydrogen-bond acceptors (Lipinski definition) is 9. The van der Waals surface area contributed by atoms with Crippen LogP contribution in [-0.4, -0.2) is 83.1 Å². The average Bonchev–Trinajstić information content (AvgIpc) is 3.79. The van der Waals surface area contributed by atoms with Gasteiger partial charge in [0, 0.05) is 18.5 Å². The molecule has 11 heteroatoms. The van der Waals surface area contributed by atoms with E-state index >= 15 is 0 Å². The molecule has 0 bridgehead atoms. The highest BCUT2D eigenvalue weighted by Crippen LogP contribution is 2.43. The second-order valence-electron chi connectivity index (χ2n) is 13.6. The molecule has 3 aromatic carbocycles. The van der Waals surface area contributed by atoms with Crippen molar-refractivity contribution in [2.24, 2.45) is 5.92 Å². The molecule has 0 spiro atoms. The third-order valence-corrected chi connectivity index (χ3v) is 9.68. The van der Waals surface area contributed by atoms with Gasteiger partial charge in [-0.05, 0) is 41.0 Å². The number of rotatable bonds is 14. The number of terminal acetylenes is 2. The van der Waals surface area contributed by atoms with Crippen LogP contribution in [0, 0.1) is 42.4 Å². The molecule has 0 radical (unpaired) electrons. The Bertz CT molecular complexity index is 2200. The van der Waals surface area contributed by atoms with Crippen molar-refractivity contribution in [3.8, 4) is 48.0 Å². The molecule has 11 nitrogen and oxygen atoms in total. The minimum absolute atomic E-state index is 0.0291. The Labute approximate surface area is 328 Å². The van der Waals surface area contributed by atoms with E-state index in [4.69, 9.17) is 31.8 Å². The van der Waals surface area contributed by atoms with Gasteiger partial charge in [0.1, 0.15) is 47.2 Å². The highest BCUT2D eigenvalue weighted by atomic mass is 16.6. The van der Waals surface area contributed by atoms with Gasteiger partial charge in [-0.2, -0.15) is 0 Å². The lowest BCUT2D eigenvalue weighted by molar-refractivity contribution is -0.118. The van der Waals surface area contributed by atoms with Crippen LogP contribution in [0.3, 0.4) is 0 Å². The fourth-order valence-electron chi connectivity index (χ4n) is 6.74. The van der Waals surface area contributed by atoms with Gasteiger partial charge in [0.25, 0.3) is 0 Å². The first-order valence-corrected chi connectivity index (χ1v) is 18.3. The summed E-state index contributed by atoms with van der Waals surface area (Å²) in [6.07, 6.45) is 12.2. The summed E-state index contributed by atoms with van der Waals surface area (Å²) in [6.45, 7) is 4.65. The minimum atomic E-state index is -1.10. The summed E-state index contributed by atoms with van der Waals surface area (Å²) in [5.41, 5.74) is 2.55. The SMILES string of the molecule is C#CCN(CC#C)CC#Cc1cn([C@H]2C[C@H](O)[C@@H](COC(c3ccccc3)(c3ccc(OC)cc3)c3ccc(OC)cc3)O2)c2ncnc(NC(=O)C(C)C)c12. The van der Waals surface area contributed by atoms with Gasteiger partial charge in [-0.25, -0.2) is 9.97 Å².